The minimum atomic E-state index is -4.58. The number of carbonyl (C=O) groups excluding carboxylic acids is 1. The summed E-state index contributed by atoms with van der Waals surface area (Å²) in [5, 5.41) is 8.78. The lowest BCUT2D eigenvalue weighted by atomic mass is 9.94. The van der Waals surface area contributed by atoms with Crippen molar-refractivity contribution >= 4 is 11.9 Å². The molecule has 0 bridgehead atoms. The maximum atomic E-state index is 13.2. The molecule has 0 fully saturated rings. The summed E-state index contributed by atoms with van der Waals surface area (Å²) in [7, 11) is 0. The zero-order chi connectivity index (χ0) is 16.9. The van der Waals surface area contributed by atoms with Gasteiger partial charge in [0.25, 0.3) is 0 Å². The second kappa shape index (κ2) is 7.29. The Kier molecular flexibility index (Phi) is 5.96. The Labute approximate surface area is 126 Å². The van der Waals surface area contributed by atoms with Crippen LogP contribution in [0.15, 0.2) is 30.3 Å². The third kappa shape index (κ3) is 5.05. The summed E-state index contributed by atoms with van der Waals surface area (Å²) < 4.78 is 39.6. The highest BCUT2D eigenvalue weighted by Crippen LogP contribution is 2.37. The fraction of sp³-hybridized carbons (Fsp3) is 0.467. The van der Waals surface area contributed by atoms with Crippen molar-refractivity contribution in [2.75, 3.05) is 6.54 Å². The molecule has 1 atom stereocenters. The molecule has 0 saturated carbocycles. The number of aliphatic carboxylic acids is 1. The fourth-order valence-electron chi connectivity index (χ4n) is 2.10. The molecular weight excluding hydrogens is 299 g/mol. The van der Waals surface area contributed by atoms with Gasteiger partial charge in [-0.15, -0.1) is 0 Å². The average molecular weight is 317 g/mol. The van der Waals surface area contributed by atoms with Gasteiger partial charge in [0, 0.05) is 12.5 Å². The van der Waals surface area contributed by atoms with Crippen molar-refractivity contribution in [1.82, 2.24) is 4.90 Å². The third-order valence-electron chi connectivity index (χ3n) is 3.23. The number of carbonyl (C=O) groups is 2. The van der Waals surface area contributed by atoms with E-state index in [1.807, 2.05) is 0 Å². The molecule has 0 aliphatic heterocycles. The minimum Gasteiger partial charge on any atom is -0.480 e. The lowest BCUT2D eigenvalue weighted by molar-refractivity contribution is -0.162. The van der Waals surface area contributed by atoms with Gasteiger partial charge in [0.05, 0.1) is 5.92 Å². The van der Waals surface area contributed by atoms with Crippen LogP contribution in [0.5, 0.6) is 0 Å². The highest BCUT2D eigenvalue weighted by atomic mass is 19.4. The van der Waals surface area contributed by atoms with Gasteiger partial charge in [0.15, 0.2) is 0 Å². The topological polar surface area (TPSA) is 57.6 Å². The Balaban J connectivity index is 2.99. The Bertz CT molecular complexity index is 515. The summed E-state index contributed by atoms with van der Waals surface area (Å²) in [6, 6.07) is 6.65. The average Bonchev–Trinajstić information content (AvgIpc) is 2.41. The fourth-order valence-corrected chi connectivity index (χ4v) is 2.10. The minimum absolute atomic E-state index is 0.0117. The first-order chi connectivity index (χ1) is 10.1. The molecule has 122 valence electrons. The van der Waals surface area contributed by atoms with E-state index in [4.69, 9.17) is 5.11 Å². The smallest absolute Gasteiger partial charge is 0.396 e. The number of carboxylic acids is 1. The Morgan fingerprint density at radius 3 is 2.14 bits per heavy atom. The molecule has 0 heterocycles. The van der Waals surface area contributed by atoms with Crippen LogP contribution in [0.25, 0.3) is 0 Å². The first-order valence-electron chi connectivity index (χ1n) is 6.75. The Morgan fingerprint density at radius 1 is 1.18 bits per heavy atom. The van der Waals surface area contributed by atoms with E-state index in [9.17, 15) is 22.8 Å². The second-order valence-electron chi connectivity index (χ2n) is 5.22. The van der Waals surface area contributed by atoms with Gasteiger partial charge < -0.3 is 10.0 Å². The van der Waals surface area contributed by atoms with E-state index in [1.165, 1.54) is 24.3 Å². The molecule has 7 heteroatoms. The van der Waals surface area contributed by atoms with Crippen molar-refractivity contribution in [2.24, 2.45) is 0 Å². The number of hydrogen-bond acceptors (Lipinski definition) is 2. The number of benzene rings is 1. The van der Waals surface area contributed by atoms with E-state index >= 15 is 0 Å². The van der Waals surface area contributed by atoms with Gasteiger partial charge >= 0.3 is 12.1 Å². The summed E-state index contributed by atoms with van der Waals surface area (Å²) in [6.45, 7) is 2.51. The van der Waals surface area contributed by atoms with Crippen molar-refractivity contribution in [3.05, 3.63) is 35.9 Å². The molecule has 1 unspecified atom stereocenters. The molecule has 0 aliphatic carbocycles. The second-order valence-corrected chi connectivity index (χ2v) is 5.22. The number of amides is 1. The van der Waals surface area contributed by atoms with Gasteiger partial charge in [-0.05, 0) is 19.4 Å². The van der Waals surface area contributed by atoms with Gasteiger partial charge in [0.2, 0.25) is 5.91 Å². The van der Waals surface area contributed by atoms with E-state index in [-0.39, 0.29) is 5.56 Å². The molecule has 22 heavy (non-hydrogen) atoms. The van der Waals surface area contributed by atoms with Crippen LogP contribution in [0, 0.1) is 0 Å². The van der Waals surface area contributed by atoms with Crippen LogP contribution in [0.1, 0.15) is 31.7 Å². The zero-order valence-electron chi connectivity index (χ0n) is 12.3. The maximum absolute atomic E-state index is 13.2. The van der Waals surface area contributed by atoms with Crippen LogP contribution < -0.4 is 0 Å². The molecule has 4 nitrogen and oxygen atoms in total. The van der Waals surface area contributed by atoms with Crippen molar-refractivity contribution in [2.45, 2.75) is 38.4 Å². The number of alkyl halides is 3. The van der Waals surface area contributed by atoms with E-state index < -0.39 is 43.0 Å². The standard InChI is InChI=1S/C15H18F3NO3/c1-10(2)19(9-14(21)22)13(20)8-12(15(16,17)18)11-6-4-3-5-7-11/h3-7,10,12H,8-9H2,1-2H3,(H,21,22). The summed E-state index contributed by atoms with van der Waals surface area (Å²) in [6.07, 6.45) is -5.39. The Hall–Kier alpha value is -2.05. The number of rotatable bonds is 6. The van der Waals surface area contributed by atoms with Gasteiger partial charge in [-0.25, -0.2) is 0 Å². The molecule has 0 spiro atoms. The number of hydrogen-bond donors (Lipinski definition) is 1. The summed E-state index contributed by atoms with van der Waals surface area (Å²) in [4.78, 5) is 23.8. The summed E-state index contributed by atoms with van der Waals surface area (Å²) in [5.41, 5.74) is -0.0117. The highest BCUT2D eigenvalue weighted by Gasteiger charge is 2.42. The van der Waals surface area contributed by atoms with Crippen molar-refractivity contribution in [1.29, 1.82) is 0 Å². The van der Waals surface area contributed by atoms with Crippen molar-refractivity contribution in [3.63, 3.8) is 0 Å². The highest BCUT2D eigenvalue weighted by molar-refractivity contribution is 5.82. The predicted octanol–water partition coefficient (Wildman–Crippen LogP) is 3.04. The molecular formula is C15H18F3NO3. The van der Waals surface area contributed by atoms with Crippen LogP contribution in [-0.4, -0.2) is 40.6 Å². The molecule has 0 aliphatic rings. The zero-order valence-corrected chi connectivity index (χ0v) is 12.3. The molecule has 0 saturated heterocycles. The predicted molar refractivity (Wildman–Crippen MR) is 74.3 cm³/mol. The first kappa shape index (κ1) is 18.0. The van der Waals surface area contributed by atoms with Crippen LogP contribution in [0.4, 0.5) is 13.2 Å². The summed E-state index contributed by atoms with van der Waals surface area (Å²) in [5.74, 6) is -4.04. The molecule has 1 aromatic rings. The lowest BCUT2D eigenvalue weighted by Crippen LogP contribution is -2.42. The first-order valence-corrected chi connectivity index (χ1v) is 6.75. The summed E-state index contributed by atoms with van der Waals surface area (Å²) >= 11 is 0. The van der Waals surface area contributed by atoms with Gasteiger partial charge in [-0.2, -0.15) is 13.2 Å². The normalized spacial score (nSPS) is 13.0. The van der Waals surface area contributed by atoms with Gasteiger partial charge in [0.1, 0.15) is 6.54 Å². The third-order valence-corrected chi connectivity index (χ3v) is 3.23. The lowest BCUT2D eigenvalue weighted by Gasteiger charge is -2.28. The van der Waals surface area contributed by atoms with Crippen LogP contribution in [-0.2, 0) is 9.59 Å². The molecule has 0 aromatic heterocycles. The van der Waals surface area contributed by atoms with E-state index in [2.05, 4.69) is 0 Å². The SMILES string of the molecule is CC(C)N(CC(=O)O)C(=O)CC(c1ccccc1)C(F)(F)F. The van der Waals surface area contributed by atoms with E-state index in [1.54, 1.807) is 19.9 Å². The molecule has 1 amide bonds. The number of carboxylic acid groups (broad SMARTS) is 1. The number of halogens is 3. The van der Waals surface area contributed by atoms with E-state index in [0.717, 1.165) is 4.90 Å². The molecule has 1 N–H and O–H groups in total. The van der Waals surface area contributed by atoms with Crippen LogP contribution in [0.2, 0.25) is 0 Å². The quantitative estimate of drug-likeness (QED) is 0.877. The monoisotopic (exact) mass is 317 g/mol. The van der Waals surface area contributed by atoms with E-state index in [0.29, 0.717) is 0 Å². The largest absolute Gasteiger partial charge is 0.480 e. The molecule has 1 rings (SSSR count). The number of nitrogens with zero attached hydrogens (tertiary/aromatic N) is 1. The van der Waals surface area contributed by atoms with Crippen molar-refractivity contribution < 1.29 is 27.9 Å². The Morgan fingerprint density at radius 2 is 1.73 bits per heavy atom. The molecule has 1 aromatic carbocycles. The van der Waals surface area contributed by atoms with Gasteiger partial charge in [-0.3, -0.25) is 9.59 Å². The van der Waals surface area contributed by atoms with Gasteiger partial charge in [-0.1, -0.05) is 30.3 Å². The maximum Gasteiger partial charge on any atom is 0.396 e. The van der Waals surface area contributed by atoms with Crippen LogP contribution in [0.3, 0.4) is 0 Å². The van der Waals surface area contributed by atoms with Crippen LogP contribution >= 0.6 is 0 Å². The molecule has 0 radical (unpaired) electrons. The van der Waals surface area contributed by atoms with Crippen molar-refractivity contribution in [3.8, 4) is 0 Å².